The Morgan fingerprint density at radius 3 is 2.58 bits per heavy atom. The quantitative estimate of drug-likeness (QED) is 0.814. The average molecular weight is 285 g/mol. The highest BCUT2D eigenvalue weighted by Crippen LogP contribution is 2.44. The van der Waals surface area contributed by atoms with Crippen LogP contribution < -0.4 is 5.32 Å². The Hall–Kier alpha value is -0.710. The topological polar surface area (TPSA) is 66.4 Å². The summed E-state index contributed by atoms with van der Waals surface area (Å²) in [4.78, 5) is 23.3. The van der Waals surface area contributed by atoms with Gasteiger partial charge in [-0.25, -0.2) is 0 Å². The molecule has 4 nitrogen and oxygen atoms in total. The van der Waals surface area contributed by atoms with E-state index in [9.17, 15) is 14.7 Å². The van der Waals surface area contributed by atoms with E-state index >= 15 is 0 Å². The lowest BCUT2D eigenvalue weighted by Crippen LogP contribution is -2.45. The van der Waals surface area contributed by atoms with Gasteiger partial charge in [0.2, 0.25) is 5.91 Å². The van der Waals surface area contributed by atoms with Gasteiger partial charge in [-0.15, -0.1) is 0 Å². The highest BCUT2D eigenvalue weighted by Gasteiger charge is 2.46. The molecule has 5 heteroatoms. The molecule has 2 N–H and O–H groups in total. The maximum Gasteiger partial charge on any atom is 0.310 e. The Bertz CT molecular complexity index is 355. The second-order valence-corrected chi connectivity index (χ2v) is 7.04. The Morgan fingerprint density at radius 2 is 2.05 bits per heavy atom. The summed E-state index contributed by atoms with van der Waals surface area (Å²) in [5, 5.41) is 12.9. The molecule has 0 heterocycles. The van der Waals surface area contributed by atoms with E-state index in [1.165, 1.54) is 6.42 Å². The van der Waals surface area contributed by atoms with Crippen LogP contribution in [0, 0.1) is 5.41 Å². The summed E-state index contributed by atoms with van der Waals surface area (Å²) in [5.41, 5.74) is -0.766. The summed E-state index contributed by atoms with van der Waals surface area (Å²) in [6.07, 6.45) is 8.92. The number of carbonyl (C=O) groups excluding carboxylic acids is 1. The van der Waals surface area contributed by atoms with Gasteiger partial charge in [-0.1, -0.05) is 12.8 Å². The van der Waals surface area contributed by atoms with Gasteiger partial charge in [0.25, 0.3) is 0 Å². The van der Waals surface area contributed by atoms with Crippen molar-refractivity contribution in [1.82, 2.24) is 5.32 Å². The van der Waals surface area contributed by atoms with Gasteiger partial charge < -0.3 is 10.4 Å². The van der Waals surface area contributed by atoms with Gasteiger partial charge in [-0.3, -0.25) is 9.59 Å². The van der Waals surface area contributed by atoms with E-state index in [-0.39, 0.29) is 18.4 Å². The minimum absolute atomic E-state index is 0.0751. The molecule has 2 aliphatic carbocycles. The van der Waals surface area contributed by atoms with E-state index in [0.717, 1.165) is 25.7 Å². The van der Waals surface area contributed by atoms with Crippen LogP contribution in [-0.2, 0) is 9.59 Å². The number of aliphatic carboxylic acids is 1. The number of hydrogen-bond donors (Lipinski definition) is 2. The Morgan fingerprint density at radius 1 is 1.32 bits per heavy atom. The van der Waals surface area contributed by atoms with Gasteiger partial charge in [0.1, 0.15) is 0 Å². The van der Waals surface area contributed by atoms with Crippen molar-refractivity contribution >= 4 is 23.6 Å². The van der Waals surface area contributed by atoms with Crippen LogP contribution in [0.2, 0.25) is 0 Å². The molecule has 2 saturated carbocycles. The minimum Gasteiger partial charge on any atom is -0.481 e. The molecule has 2 rings (SSSR count). The van der Waals surface area contributed by atoms with Crippen molar-refractivity contribution in [2.75, 3.05) is 6.26 Å². The van der Waals surface area contributed by atoms with Crippen LogP contribution in [0.1, 0.15) is 51.4 Å². The number of nitrogens with one attached hydrogen (secondary N) is 1. The zero-order valence-electron chi connectivity index (χ0n) is 11.5. The lowest BCUT2D eigenvalue weighted by atomic mass is 9.66. The normalized spacial score (nSPS) is 29.3. The van der Waals surface area contributed by atoms with Crippen LogP contribution in [0.15, 0.2) is 0 Å². The van der Waals surface area contributed by atoms with Crippen LogP contribution in [-0.4, -0.2) is 34.5 Å². The summed E-state index contributed by atoms with van der Waals surface area (Å²) in [5.74, 6) is -0.881. The molecule has 0 bridgehead atoms. The number of thioether (sulfide) groups is 1. The fourth-order valence-electron chi connectivity index (χ4n) is 3.15. The molecule has 108 valence electrons. The van der Waals surface area contributed by atoms with E-state index in [0.29, 0.717) is 18.1 Å². The van der Waals surface area contributed by atoms with E-state index in [1.807, 2.05) is 11.8 Å². The van der Waals surface area contributed by atoms with Crippen molar-refractivity contribution in [2.45, 2.75) is 62.7 Å². The Kier molecular flexibility index (Phi) is 4.76. The van der Waals surface area contributed by atoms with E-state index in [4.69, 9.17) is 0 Å². The Labute approximate surface area is 118 Å². The van der Waals surface area contributed by atoms with Crippen LogP contribution in [0.5, 0.6) is 0 Å². The molecule has 2 unspecified atom stereocenters. The molecular weight excluding hydrogens is 262 g/mol. The van der Waals surface area contributed by atoms with Crippen molar-refractivity contribution in [2.24, 2.45) is 5.41 Å². The van der Waals surface area contributed by atoms with E-state index < -0.39 is 11.4 Å². The summed E-state index contributed by atoms with van der Waals surface area (Å²) in [6, 6.07) is 0.240. The number of amides is 1. The largest absolute Gasteiger partial charge is 0.481 e. The molecule has 19 heavy (non-hydrogen) atoms. The lowest BCUT2D eigenvalue weighted by molar-refractivity contribution is -0.157. The second kappa shape index (κ2) is 6.16. The van der Waals surface area contributed by atoms with E-state index in [1.54, 1.807) is 0 Å². The monoisotopic (exact) mass is 285 g/mol. The van der Waals surface area contributed by atoms with Crippen molar-refractivity contribution in [3.8, 4) is 0 Å². The number of carboxylic acid groups (broad SMARTS) is 1. The third kappa shape index (κ3) is 3.44. The predicted octanol–water partition coefficient (Wildman–Crippen LogP) is 2.42. The van der Waals surface area contributed by atoms with E-state index in [2.05, 4.69) is 11.6 Å². The standard InChI is InChI=1S/C14H23NO3S/c1-19-11-5-2-4-10(8-11)15-12(16)9-14(13(17)18)6-3-7-14/h10-11H,2-9H2,1H3,(H,15,16)(H,17,18). The summed E-state index contributed by atoms with van der Waals surface area (Å²) in [6.45, 7) is 0. The summed E-state index contributed by atoms with van der Waals surface area (Å²) < 4.78 is 0. The van der Waals surface area contributed by atoms with Gasteiger partial charge >= 0.3 is 5.97 Å². The highest BCUT2D eigenvalue weighted by molar-refractivity contribution is 7.99. The summed E-state index contributed by atoms with van der Waals surface area (Å²) >= 11 is 1.86. The van der Waals surface area contributed by atoms with Crippen molar-refractivity contribution in [1.29, 1.82) is 0 Å². The first-order valence-corrected chi connectivity index (χ1v) is 8.40. The molecule has 0 radical (unpaired) electrons. The molecule has 0 aliphatic heterocycles. The minimum atomic E-state index is -0.806. The first-order chi connectivity index (χ1) is 9.05. The molecule has 0 aromatic carbocycles. The SMILES string of the molecule is CSC1CCCC(NC(=O)CC2(C(=O)O)CCC2)C1. The van der Waals surface area contributed by atoms with Crippen molar-refractivity contribution in [3.05, 3.63) is 0 Å². The first-order valence-electron chi connectivity index (χ1n) is 7.11. The predicted molar refractivity (Wildman–Crippen MR) is 76.2 cm³/mol. The fraction of sp³-hybridized carbons (Fsp3) is 0.857. The zero-order chi connectivity index (χ0) is 13.9. The van der Waals surface area contributed by atoms with Crippen molar-refractivity contribution < 1.29 is 14.7 Å². The maximum absolute atomic E-state index is 12.0. The Balaban J connectivity index is 1.82. The van der Waals surface area contributed by atoms with Gasteiger partial charge in [-0.05, 0) is 38.4 Å². The van der Waals surface area contributed by atoms with Gasteiger partial charge in [0, 0.05) is 17.7 Å². The van der Waals surface area contributed by atoms with Gasteiger partial charge in [0.15, 0.2) is 0 Å². The smallest absolute Gasteiger partial charge is 0.310 e. The molecular formula is C14H23NO3S. The molecule has 1 amide bonds. The number of carbonyl (C=O) groups is 2. The molecule has 0 aromatic rings. The van der Waals surface area contributed by atoms with Crippen LogP contribution in [0.3, 0.4) is 0 Å². The van der Waals surface area contributed by atoms with Crippen molar-refractivity contribution in [3.63, 3.8) is 0 Å². The number of hydrogen-bond acceptors (Lipinski definition) is 3. The molecule has 0 spiro atoms. The highest BCUT2D eigenvalue weighted by atomic mass is 32.2. The number of carboxylic acids is 1. The molecule has 2 atom stereocenters. The van der Waals surface area contributed by atoms with Gasteiger partial charge in [0.05, 0.1) is 5.41 Å². The average Bonchev–Trinajstić information content (AvgIpc) is 2.33. The molecule has 2 aliphatic rings. The maximum atomic E-state index is 12.0. The van der Waals surface area contributed by atoms with Crippen LogP contribution in [0.25, 0.3) is 0 Å². The first kappa shape index (κ1) is 14.7. The van der Waals surface area contributed by atoms with Crippen LogP contribution >= 0.6 is 11.8 Å². The number of rotatable bonds is 5. The third-order valence-electron chi connectivity index (χ3n) is 4.59. The molecule has 0 aromatic heterocycles. The lowest BCUT2D eigenvalue weighted by Gasteiger charge is -2.37. The second-order valence-electron chi connectivity index (χ2n) is 5.90. The summed E-state index contributed by atoms with van der Waals surface area (Å²) in [7, 11) is 0. The fourth-order valence-corrected chi connectivity index (χ4v) is 3.97. The molecule has 2 fully saturated rings. The van der Waals surface area contributed by atoms with Gasteiger partial charge in [-0.2, -0.15) is 11.8 Å². The zero-order valence-corrected chi connectivity index (χ0v) is 12.3. The third-order valence-corrected chi connectivity index (χ3v) is 5.68. The van der Waals surface area contributed by atoms with Crippen LogP contribution in [0.4, 0.5) is 0 Å². The molecule has 0 saturated heterocycles.